The minimum absolute atomic E-state index is 0.0168. The van der Waals surface area contributed by atoms with Gasteiger partial charge >= 0.3 is 0 Å². The van der Waals surface area contributed by atoms with Gasteiger partial charge in [0.1, 0.15) is 0 Å². The van der Waals surface area contributed by atoms with Crippen LogP contribution in [0.1, 0.15) is 11.1 Å². The van der Waals surface area contributed by atoms with E-state index in [2.05, 4.69) is 24.7 Å². The Morgan fingerprint density at radius 2 is 1.60 bits per heavy atom. The number of anilines is 1. The maximum atomic E-state index is 12.9. The lowest BCUT2D eigenvalue weighted by molar-refractivity contribution is 0.378. The van der Waals surface area contributed by atoms with E-state index in [0.717, 1.165) is 11.0 Å². The minimum Gasteiger partial charge on any atom is -0.493 e. The molecule has 178 valence electrons. The lowest BCUT2D eigenvalue weighted by Crippen LogP contribution is -2.13. The number of hydrogen-bond acceptors (Lipinski definition) is 8. The molecule has 2 aromatic carbocycles. The molecule has 0 aliphatic carbocycles. The van der Waals surface area contributed by atoms with E-state index in [-0.39, 0.29) is 28.4 Å². The van der Waals surface area contributed by atoms with Crippen molar-refractivity contribution >= 4 is 33.5 Å². The molecule has 0 aliphatic heterocycles. The van der Waals surface area contributed by atoms with Gasteiger partial charge in [-0.05, 0) is 36.8 Å². The number of nitrogens with one attached hydrogen (secondary N) is 1. The van der Waals surface area contributed by atoms with Crippen LogP contribution >= 0.6 is 11.6 Å². The fourth-order valence-electron chi connectivity index (χ4n) is 2.92. The summed E-state index contributed by atoms with van der Waals surface area (Å²) in [6.07, 6.45) is 4.48. The van der Waals surface area contributed by atoms with E-state index >= 15 is 0 Å². The Bertz CT molecular complexity index is 1460. The molecule has 0 bridgehead atoms. The first-order valence-corrected chi connectivity index (χ1v) is 12.2. The normalized spacial score (nSPS) is 11.4. The summed E-state index contributed by atoms with van der Waals surface area (Å²) < 4.78 is 39.4. The molecule has 0 radical (unpaired) electrons. The molecular formula is C24H20ClN5O4S. The van der Waals surface area contributed by atoms with E-state index in [1.807, 2.05) is 31.2 Å². The summed E-state index contributed by atoms with van der Waals surface area (Å²) in [5.74, 6) is 0.583. The zero-order valence-corrected chi connectivity index (χ0v) is 20.3. The molecule has 0 atom stereocenters. The van der Waals surface area contributed by atoms with Crippen LogP contribution in [0.4, 0.5) is 5.82 Å². The number of methoxy groups -OCH3 is 1. The first kappa shape index (κ1) is 24.1. The van der Waals surface area contributed by atoms with Crippen LogP contribution in [0.3, 0.4) is 0 Å². The average molecular weight is 510 g/mol. The van der Waals surface area contributed by atoms with Crippen LogP contribution < -0.4 is 14.2 Å². The summed E-state index contributed by atoms with van der Waals surface area (Å²) in [6.45, 7) is 1.95. The quantitative estimate of drug-likeness (QED) is 0.326. The summed E-state index contributed by atoms with van der Waals surface area (Å²) in [5, 5.41) is 0.882. The van der Waals surface area contributed by atoms with Crippen LogP contribution in [-0.4, -0.2) is 35.5 Å². The number of ether oxygens (including phenoxy) is 2. The molecule has 4 rings (SSSR count). The van der Waals surface area contributed by atoms with E-state index in [9.17, 15) is 8.42 Å². The molecule has 0 amide bonds. The Morgan fingerprint density at radius 3 is 2.29 bits per heavy atom. The van der Waals surface area contributed by atoms with Gasteiger partial charge in [-0.1, -0.05) is 53.6 Å². The Hall–Kier alpha value is -4.02. The second kappa shape index (κ2) is 10.5. The zero-order valence-electron chi connectivity index (χ0n) is 18.7. The third kappa shape index (κ3) is 6.11. The molecular weight excluding hydrogens is 490 g/mol. The third-order valence-corrected chi connectivity index (χ3v) is 5.86. The highest BCUT2D eigenvalue weighted by atomic mass is 35.5. The van der Waals surface area contributed by atoms with Crippen LogP contribution in [0, 0.1) is 6.92 Å². The van der Waals surface area contributed by atoms with Gasteiger partial charge in [0.15, 0.2) is 28.3 Å². The van der Waals surface area contributed by atoms with E-state index in [1.54, 1.807) is 30.3 Å². The number of para-hydroxylation sites is 2. The van der Waals surface area contributed by atoms with Crippen molar-refractivity contribution in [2.24, 2.45) is 0 Å². The molecule has 0 unspecified atom stereocenters. The maximum Gasteiger partial charge on any atom is 0.256 e. The lowest BCUT2D eigenvalue weighted by Gasteiger charge is -2.15. The third-order valence-electron chi connectivity index (χ3n) is 4.63. The second-order valence-corrected chi connectivity index (χ2v) is 9.13. The first-order valence-electron chi connectivity index (χ1n) is 10.3. The SMILES string of the molecule is COc1ccccc1Oc1c(Cl)nc(-c2ncccn2)nc1NS(=O)(=O)/C=C/c1ccc(C)cc1. The first-order chi connectivity index (χ1) is 16.8. The molecule has 0 saturated heterocycles. The van der Waals surface area contributed by atoms with Gasteiger partial charge in [0, 0.05) is 12.4 Å². The largest absolute Gasteiger partial charge is 0.493 e. The molecule has 0 spiro atoms. The van der Waals surface area contributed by atoms with Crippen molar-refractivity contribution in [3.8, 4) is 28.9 Å². The van der Waals surface area contributed by atoms with E-state index in [4.69, 9.17) is 21.1 Å². The monoisotopic (exact) mass is 509 g/mol. The number of benzene rings is 2. The summed E-state index contributed by atoms with van der Waals surface area (Å²) >= 11 is 6.42. The minimum atomic E-state index is -4.02. The predicted octanol–water partition coefficient (Wildman–Crippen LogP) is 5.11. The van der Waals surface area contributed by atoms with E-state index in [1.165, 1.54) is 25.6 Å². The van der Waals surface area contributed by atoms with Crippen molar-refractivity contribution < 1.29 is 17.9 Å². The van der Waals surface area contributed by atoms with Gasteiger partial charge in [-0.15, -0.1) is 0 Å². The van der Waals surface area contributed by atoms with Crippen molar-refractivity contribution in [2.75, 3.05) is 11.8 Å². The van der Waals surface area contributed by atoms with Crippen LogP contribution in [0.25, 0.3) is 17.7 Å². The molecule has 9 nitrogen and oxygen atoms in total. The fourth-order valence-corrected chi connectivity index (χ4v) is 3.95. The number of sulfonamides is 1. The van der Waals surface area contributed by atoms with Gasteiger partial charge in [0.25, 0.3) is 10.0 Å². The highest BCUT2D eigenvalue weighted by molar-refractivity contribution is 7.95. The van der Waals surface area contributed by atoms with Gasteiger partial charge < -0.3 is 9.47 Å². The Labute approximate surface area is 207 Å². The second-order valence-electron chi connectivity index (χ2n) is 7.20. The van der Waals surface area contributed by atoms with Crippen molar-refractivity contribution in [1.29, 1.82) is 0 Å². The number of aryl methyl sites for hydroxylation is 1. The van der Waals surface area contributed by atoms with Gasteiger partial charge in [-0.3, -0.25) is 4.72 Å². The summed E-state index contributed by atoms with van der Waals surface area (Å²) in [4.78, 5) is 16.7. The number of rotatable bonds is 8. The Morgan fingerprint density at radius 1 is 0.914 bits per heavy atom. The van der Waals surface area contributed by atoms with Gasteiger partial charge in [-0.2, -0.15) is 0 Å². The molecule has 2 aromatic heterocycles. The van der Waals surface area contributed by atoms with E-state index < -0.39 is 10.0 Å². The molecule has 2 heterocycles. The zero-order chi connectivity index (χ0) is 24.8. The average Bonchev–Trinajstić information content (AvgIpc) is 2.86. The molecule has 0 aliphatic rings. The highest BCUT2D eigenvalue weighted by Gasteiger charge is 2.22. The number of nitrogens with zero attached hydrogens (tertiary/aromatic N) is 4. The van der Waals surface area contributed by atoms with Crippen LogP contribution in [0.2, 0.25) is 5.15 Å². The maximum absolute atomic E-state index is 12.9. The summed E-state index contributed by atoms with van der Waals surface area (Å²) in [7, 11) is -2.54. The Kier molecular flexibility index (Phi) is 7.23. The highest BCUT2D eigenvalue weighted by Crippen LogP contribution is 2.39. The molecule has 35 heavy (non-hydrogen) atoms. The molecule has 0 fully saturated rings. The van der Waals surface area contributed by atoms with Crippen LogP contribution in [-0.2, 0) is 10.0 Å². The van der Waals surface area contributed by atoms with Gasteiger partial charge in [-0.25, -0.2) is 28.4 Å². The molecule has 0 saturated carbocycles. The smallest absolute Gasteiger partial charge is 0.256 e. The van der Waals surface area contributed by atoms with Gasteiger partial charge in [0.05, 0.1) is 12.5 Å². The standard InChI is InChI=1S/C24H20ClN5O4S/c1-16-8-10-17(11-9-16)12-15-35(31,32)30-22-20(34-19-7-4-3-6-18(19)33-2)21(25)28-24(29-22)23-26-13-5-14-27-23/h3-15H,1-2H3,(H,28,29,30)/b15-12+. The van der Waals surface area contributed by atoms with Gasteiger partial charge in [0.2, 0.25) is 11.6 Å². The van der Waals surface area contributed by atoms with Crippen molar-refractivity contribution in [1.82, 2.24) is 19.9 Å². The lowest BCUT2D eigenvalue weighted by atomic mass is 10.2. The predicted molar refractivity (Wildman–Crippen MR) is 134 cm³/mol. The van der Waals surface area contributed by atoms with Crippen molar-refractivity contribution in [2.45, 2.75) is 6.92 Å². The van der Waals surface area contributed by atoms with Crippen LogP contribution in [0.15, 0.2) is 72.4 Å². The summed E-state index contributed by atoms with van der Waals surface area (Å²) in [6, 6.07) is 15.8. The number of aromatic nitrogens is 4. The summed E-state index contributed by atoms with van der Waals surface area (Å²) in [5.41, 5.74) is 1.78. The fraction of sp³-hybridized carbons (Fsp3) is 0.0833. The van der Waals surface area contributed by atoms with Crippen molar-refractivity contribution in [3.63, 3.8) is 0 Å². The van der Waals surface area contributed by atoms with E-state index in [0.29, 0.717) is 17.1 Å². The molecule has 4 aromatic rings. The van der Waals surface area contributed by atoms with Crippen molar-refractivity contribution in [3.05, 3.63) is 88.7 Å². The molecule has 1 N–H and O–H groups in total. The Balaban J connectivity index is 1.74. The number of halogens is 1. The van der Waals surface area contributed by atoms with Crippen LogP contribution in [0.5, 0.6) is 17.2 Å². The molecule has 11 heteroatoms. The number of hydrogen-bond donors (Lipinski definition) is 1. The topological polar surface area (TPSA) is 116 Å².